The lowest BCUT2D eigenvalue weighted by molar-refractivity contribution is 0.0550. The molecular formula is C21H25ClFN3O3. The Morgan fingerprint density at radius 2 is 1.97 bits per heavy atom. The summed E-state index contributed by atoms with van der Waals surface area (Å²) in [5.41, 5.74) is 6.37. The van der Waals surface area contributed by atoms with Gasteiger partial charge in [-0.15, -0.1) is 0 Å². The molecule has 8 heteroatoms. The van der Waals surface area contributed by atoms with Gasteiger partial charge in [0.1, 0.15) is 18.2 Å². The molecule has 1 heterocycles. The van der Waals surface area contributed by atoms with Crippen LogP contribution in [-0.4, -0.2) is 42.3 Å². The number of aliphatic hydroxyl groups is 1. The van der Waals surface area contributed by atoms with Gasteiger partial charge in [0.15, 0.2) is 0 Å². The number of ether oxygens (including phenoxy) is 1. The Hall–Kier alpha value is -2.35. The van der Waals surface area contributed by atoms with Crippen LogP contribution in [0.2, 0.25) is 5.02 Å². The van der Waals surface area contributed by atoms with Gasteiger partial charge in [-0.1, -0.05) is 23.7 Å². The van der Waals surface area contributed by atoms with Gasteiger partial charge in [0, 0.05) is 11.6 Å². The Labute approximate surface area is 174 Å². The zero-order valence-electron chi connectivity index (χ0n) is 16.0. The average Bonchev–Trinajstić information content (AvgIpc) is 2.70. The van der Waals surface area contributed by atoms with Crippen LogP contribution in [0.15, 0.2) is 42.5 Å². The Morgan fingerprint density at radius 1 is 1.28 bits per heavy atom. The number of benzene rings is 2. The van der Waals surface area contributed by atoms with Crippen molar-refractivity contribution in [3.63, 3.8) is 0 Å². The molecule has 1 aliphatic heterocycles. The first-order valence-electron chi connectivity index (χ1n) is 9.57. The van der Waals surface area contributed by atoms with Gasteiger partial charge < -0.3 is 20.9 Å². The zero-order chi connectivity index (χ0) is 20.8. The Bertz CT molecular complexity index is 826. The fourth-order valence-electron chi connectivity index (χ4n) is 3.57. The number of carbonyl (C=O) groups excluding carboxylic acids is 1. The molecule has 1 atom stereocenters. The topological polar surface area (TPSA) is 87.8 Å². The van der Waals surface area contributed by atoms with Gasteiger partial charge in [-0.2, -0.15) is 0 Å². The second-order valence-corrected chi connectivity index (χ2v) is 7.59. The summed E-state index contributed by atoms with van der Waals surface area (Å²) >= 11 is 5.95. The highest BCUT2D eigenvalue weighted by Gasteiger charge is 2.26. The summed E-state index contributed by atoms with van der Waals surface area (Å²) in [5, 5.41) is 13.5. The number of amides is 2. The number of aliphatic hydroxyl groups excluding tert-OH is 1. The van der Waals surface area contributed by atoms with E-state index in [0.717, 1.165) is 38.0 Å². The van der Waals surface area contributed by atoms with Crippen LogP contribution in [0.4, 0.5) is 14.9 Å². The van der Waals surface area contributed by atoms with Gasteiger partial charge in [0.05, 0.1) is 11.8 Å². The van der Waals surface area contributed by atoms with E-state index < -0.39 is 12.1 Å². The number of urea groups is 1. The maximum atomic E-state index is 13.1. The predicted molar refractivity (Wildman–Crippen MR) is 111 cm³/mol. The summed E-state index contributed by atoms with van der Waals surface area (Å²) in [4.78, 5) is 13.4. The molecule has 6 nitrogen and oxygen atoms in total. The van der Waals surface area contributed by atoms with Gasteiger partial charge in [-0.25, -0.2) is 9.18 Å². The number of halogens is 2. The van der Waals surface area contributed by atoms with Crippen LogP contribution in [-0.2, 0) is 0 Å². The fourth-order valence-corrected chi connectivity index (χ4v) is 3.74. The molecule has 0 radical (unpaired) electrons. The van der Waals surface area contributed by atoms with Crippen LogP contribution in [0.3, 0.4) is 0 Å². The normalized spacial score (nSPS) is 16.4. The standard InChI is InChI=1S/C21H25ClFN3O3/c22-16-3-6-19(18(13-16)25-21(24)28)29-12-11-26-9-7-15(8-10-26)20(27)14-1-4-17(23)5-2-14/h1-6,13,15,20,27H,7-12H2,(H3,24,25,28). The lowest BCUT2D eigenvalue weighted by Crippen LogP contribution is -2.38. The molecule has 2 aromatic rings. The molecule has 0 saturated carbocycles. The van der Waals surface area contributed by atoms with Crippen LogP contribution in [0.25, 0.3) is 0 Å². The average molecular weight is 422 g/mol. The van der Waals surface area contributed by atoms with Gasteiger partial charge in [0.25, 0.3) is 0 Å². The number of piperidine rings is 1. The molecule has 0 aliphatic carbocycles. The summed E-state index contributed by atoms with van der Waals surface area (Å²) in [6.07, 6.45) is 1.13. The summed E-state index contributed by atoms with van der Waals surface area (Å²) < 4.78 is 18.9. The molecule has 3 rings (SSSR count). The third kappa shape index (κ3) is 6.06. The maximum Gasteiger partial charge on any atom is 0.316 e. The molecule has 2 amide bonds. The molecule has 2 aromatic carbocycles. The Morgan fingerprint density at radius 3 is 2.62 bits per heavy atom. The monoisotopic (exact) mass is 421 g/mol. The van der Waals surface area contributed by atoms with Crippen LogP contribution in [0.5, 0.6) is 5.75 Å². The van der Waals surface area contributed by atoms with Crippen molar-refractivity contribution in [3.05, 3.63) is 58.9 Å². The van der Waals surface area contributed by atoms with Crippen LogP contribution < -0.4 is 15.8 Å². The molecule has 1 unspecified atom stereocenters. The quantitative estimate of drug-likeness (QED) is 0.634. The number of nitrogens with two attached hydrogens (primary N) is 1. The molecule has 1 saturated heterocycles. The summed E-state index contributed by atoms with van der Waals surface area (Å²) in [6.45, 7) is 2.86. The number of anilines is 1. The largest absolute Gasteiger partial charge is 0.490 e. The smallest absolute Gasteiger partial charge is 0.316 e. The Kier molecular flexibility index (Phi) is 7.30. The van der Waals surface area contributed by atoms with Crippen molar-refractivity contribution in [2.24, 2.45) is 11.7 Å². The van der Waals surface area contributed by atoms with Gasteiger partial charge >= 0.3 is 6.03 Å². The SMILES string of the molecule is NC(=O)Nc1cc(Cl)ccc1OCCN1CCC(C(O)c2ccc(F)cc2)CC1. The minimum absolute atomic E-state index is 0.153. The molecule has 0 aromatic heterocycles. The molecule has 0 spiro atoms. The van der Waals surface area contributed by atoms with Crippen LogP contribution in [0, 0.1) is 11.7 Å². The highest BCUT2D eigenvalue weighted by atomic mass is 35.5. The number of carbonyl (C=O) groups is 1. The van der Waals surface area contributed by atoms with E-state index in [0.29, 0.717) is 23.1 Å². The van der Waals surface area contributed by atoms with E-state index >= 15 is 0 Å². The first-order chi connectivity index (χ1) is 13.9. The number of primary amides is 1. The molecule has 156 valence electrons. The van der Waals surface area contributed by atoms with E-state index in [1.807, 2.05) is 0 Å². The second-order valence-electron chi connectivity index (χ2n) is 7.15. The number of hydrogen-bond acceptors (Lipinski definition) is 4. The second kappa shape index (κ2) is 9.91. The van der Waals surface area contributed by atoms with E-state index in [2.05, 4.69) is 10.2 Å². The van der Waals surface area contributed by atoms with Gasteiger partial charge in [-0.05, 0) is 67.7 Å². The summed E-state index contributed by atoms with van der Waals surface area (Å²) in [5.74, 6) is 0.362. The van der Waals surface area contributed by atoms with E-state index in [9.17, 15) is 14.3 Å². The summed E-state index contributed by atoms with van der Waals surface area (Å²) in [7, 11) is 0. The molecular weight excluding hydrogens is 397 g/mol. The highest BCUT2D eigenvalue weighted by Crippen LogP contribution is 2.31. The lowest BCUT2D eigenvalue weighted by atomic mass is 9.87. The van der Waals surface area contributed by atoms with E-state index in [4.69, 9.17) is 22.1 Å². The zero-order valence-corrected chi connectivity index (χ0v) is 16.7. The van der Waals surface area contributed by atoms with E-state index in [1.165, 1.54) is 12.1 Å². The van der Waals surface area contributed by atoms with Crippen LogP contribution in [0.1, 0.15) is 24.5 Å². The number of nitrogens with zero attached hydrogens (tertiary/aromatic N) is 1. The molecule has 1 aliphatic rings. The fraction of sp³-hybridized carbons (Fsp3) is 0.381. The minimum atomic E-state index is -0.682. The molecule has 4 N–H and O–H groups in total. The van der Waals surface area contributed by atoms with Crippen molar-refractivity contribution >= 4 is 23.3 Å². The van der Waals surface area contributed by atoms with Gasteiger partial charge in [-0.3, -0.25) is 4.90 Å². The lowest BCUT2D eigenvalue weighted by Gasteiger charge is -2.34. The van der Waals surface area contributed by atoms with E-state index in [1.54, 1.807) is 30.3 Å². The number of hydrogen-bond donors (Lipinski definition) is 3. The predicted octanol–water partition coefficient (Wildman–Crippen LogP) is 3.79. The molecule has 1 fully saturated rings. The Balaban J connectivity index is 1.46. The number of nitrogens with one attached hydrogen (secondary N) is 1. The highest BCUT2D eigenvalue weighted by molar-refractivity contribution is 6.31. The number of rotatable bonds is 7. The van der Waals surface area contributed by atoms with Crippen molar-refractivity contribution in [2.75, 3.05) is 31.6 Å². The summed E-state index contributed by atoms with van der Waals surface area (Å²) in [6, 6.07) is 10.3. The third-order valence-corrected chi connectivity index (χ3v) is 5.39. The first-order valence-corrected chi connectivity index (χ1v) is 9.95. The van der Waals surface area contributed by atoms with Crippen molar-refractivity contribution in [2.45, 2.75) is 18.9 Å². The van der Waals surface area contributed by atoms with Crippen molar-refractivity contribution in [1.82, 2.24) is 4.90 Å². The first kappa shape index (κ1) is 21.4. The third-order valence-electron chi connectivity index (χ3n) is 5.15. The van der Waals surface area contributed by atoms with Crippen molar-refractivity contribution in [1.29, 1.82) is 0 Å². The molecule has 0 bridgehead atoms. The van der Waals surface area contributed by atoms with Crippen LogP contribution >= 0.6 is 11.6 Å². The maximum absolute atomic E-state index is 13.1. The van der Waals surface area contributed by atoms with Gasteiger partial charge in [0.2, 0.25) is 0 Å². The molecule has 29 heavy (non-hydrogen) atoms. The number of likely N-dealkylation sites (tertiary alicyclic amines) is 1. The van der Waals surface area contributed by atoms with Crippen molar-refractivity contribution < 1.29 is 19.0 Å². The van der Waals surface area contributed by atoms with Crippen molar-refractivity contribution in [3.8, 4) is 5.75 Å². The van der Waals surface area contributed by atoms with E-state index in [-0.39, 0.29) is 11.7 Å². The minimum Gasteiger partial charge on any atom is -0.490 e.